The van der Waals surface area contributed by atoms with Gasteiger partial charge in [0.2, 0.25) is 0 Å². The molecular weight excluding hydrogens is 405 g/mol. The van der Waals surface area contributed by atoms with Crippen LogP contribution < -0.4 is 5.32 Å². The summed E-state index contributed by atoms with van der Waals surface area (Å²) in [7, 11) is 0. The third kappa shape index (κ3) is 6.93. The van der Waals surface area contributed by atoms with Gasteiger partial charge in [0.05, 0.1) is 5.92 Å². The van der Waals surface area contributed by atoms with Crippen LogP contribution in [-0.2, 0) is 19.1 Å². The van der Waals surface area contributed by atoms with Gasteiger partial charge in [0.1, 0.15) is 0 Å². The molecule has 0 aromatic heterocycles. The predicted octanol–water partition coefficient (Wildman–Crippen LogP) is 3.58. The second-order valence-corrected chi connectivity index (χ2v) is 7.32. The number of nitrogens with one attached hydrogen (secondary N) is 1. The molecule has 0 spiro atoms. The maximum Gasteiger partial charge on any atom is 0.422 e. The highest BCUT2D eigenvalue weighted by atomic mass is 19.4. The number of piperidine rings is 1. The standard InChI is InChI=1S/C20H25F3N2O5/c1-12-4-5-16(13(2)10-12)24-17(26)14(3)30-18(27)15-6-8-25(9-7-15)19(28)29-11-20(21,22)23/h4-5,10,14-15H,6-9,11H2,1-3H3,(H,24,26)/t14-/m1/s1. The molecule has 0 aliphatic carbocycles. The van der Waals surface area contributed by atoms with E-state index in [0.29, 0.717) is 5.69 Å². The number of anilines is 1. The zero-order valence-electron chi connectivity index (χ0n) is 17.0. The number of esters is 1. The van der Waals surface area contributed by atoms with Crippen molar-refractivity contribution in [3.8, 4) is 0 Å². The van der Waals surface area contributed by atoms with Crippen LogP contribution in [0.3, 0.4) is 0 Å². The smallest absolute Gasteiger partial charge is 0.422 e. The Kier molecular flexibility index (Phi) is 7.69. The number of ether oxygens (including phenoxy) is 2. The summed E-state index contributed by atoms with van der Waals surface area (Å²) in [5, 5.41) is 2.72. The number of likely N-dealkylation sites (tertiary alicyclic amines) is 1. The lowest BCUT2D eigenvalue weighted by Gasteiger charge is -2.30. The molecule has 2 rings (SSSR count). The molecule has 0 unspecified atom stereocenters. The van der Waals surface area contributed by atoms with Crippen molar-refractivity contribution in [3.63, 3.8) is 0 Å². The highest BCUT2D eigenvalue weighted by Gasteiger charge is 2.34. The van der Waals surface area contributed by atoms with Gasteiger partial charge in [0.15, 0.2) is 12.7 Å². The predicted molar refractivity (Wildman–Crippen MR) is 102 cm³/mol. The molecule has 1 aromatic carbocycles. The van der Waals surface area contributed by atoms with E-state index in [9.17, 15) is 27.6 Å². The zero-order valence-corrected chi connectivity index (χ0v) is 17.0. The second-order valence-electron chi connectivity index (χ2n) is 7.32. The van der Waals surface area contributed by atoms with E-state index in [-0.39, 0.29) is 25.9 Å². The fourth-order valence-corrected chi connectivity index (χ4v) is 3.04. The maximum absolute atomic E-state index is 12.3. The van der Waals surface area contributed by atoms with E-state index >= 15 is 0 Å². The van der Waals surface area contributed by atoms with E-state index in [1.54, 1.807) is 6.07 Å². The SMILES string of the molecule is Cc1ccc(NC(=O)[C@@H](C)OC(=O)C2CCN(C(=O)OCC(F)(F)F)CC2)c(C)c1. The van der Waals surface area contributed by atoms with Crippen molar-refractivity contribution < 1.29 is 37.0 Å². The van der Waals surface area contributed by atoms with E-state index in [4.69, 9.17) is 4.74 Å². The number of carbonyl (C=O) groups is 3. The molecule has 0 saturated carbocycles. The van der Waals surface area contributed by atoms with E-state index < -0.39 is 42.8 Å². The summed E-state index contributed by atoms with van der Waals surface area (Å²) in [6.07, 6.45) is -6.25. The lowest BCUT2D eigenvalue weighted by molar-refractivity contribution is -0.163. The number of rotatable bonds is 5. The number of halogens is 3. The van der Waals surface area contributed by atoms with Gasteiger partial charge in [-0.05, 0) is 45.2 Å². The van der Waals surface area contributed by atoms with Gasteiger partial charge in [-0.25, -0.2) is 4.79 Å². The van der Waals surface area contributed by atoms with Gasteiger partial charge in [0.25, 0.3) is 5.91 Å². The number of hydrogen-bond donors (Lipinski definition) is 1. The Morgan fingerprint density at radius 3 is 2.40 bits per heavy atom. The van der Waals surface area contributed by atoms with Crippen molar-refractivity contribution in [1.29, 1.82) is 0 Å². The van der Waals surface area contributed by atoms with Crippen molar-refractivity contribution >= 4 is 23.7 Å². The lowest BCUT2D eigenvalue weighted by Crippen LogP contribution is -2.42. The van der Waals surface area contributed by atoms with Gasteiger partial charge < -0.3 is 19.7 Å². The van der Waals surface area contributed by atoms with E-state index in [1.165, 1.54) is 6.92 Å². The highest BCUT2D eigenvalue weighted by Crippen LogP contribution is 2.22. The molecule has 1 fully saturated rings. The van der Waals surface area contributed by atoms with Crippen molar-refractivity contribution in [2.45, 2.75) is 45.9 Å². The largest absolute Gasteiger partial charge is 0.452 e. The molecule has 1 aliphatic heterocycles. The summed E-state index contributed by atoms with van der Waals surface area (Å²) in [5.74, 6) is -1.60. The molecule has 30 heavy (non-hydrogen) atoms. The van der Waals surface area contributed by atoms with Crippen LogP contribution in [0.4, 0.5) is 23.7 Å². The Bertz CT molecular complexity index is 789. The van der Waals surface area contributed by atoms with Gasteiger partial charge in [-0.15, -0.1) is 0 Å². The second kappa shape index (κ2) is 9.82. The zero-order chi connectivity index (χ0) is 22.5. The molecule has 1 saturated heterocycles. The number of hydrogen-bond acceptors (Lipinski definition) is 5. The van der Waals surface area contributed by atoms with Crippen molar-refractivity contribution in [1.82, 2.24) is 4.90 Å². The van der Waals surface area contributed by atoms with Crippen LogP contribution in [0.25, 0.3) is 0 Å². The number of nitrogens with zero attached hydrogens (tertiary/aromatic N) is 1. The molecule has 2 amide bonds. The Balaban J connectivity index is 1.79. The van der Waals surface area contributed by atoms with Crippen molar-refractivity contribution in [3.05, 3.63) is 29.3 Å². The van der Waals surface area contributed by atoms with Gasteiger partial charge in [-0.2, -0.15) is 13.2 Å². The monoisotopic (exact) mass is 430 g/mol. The summed E-state index contributed by atoms with van der Waals surface area (Å²) in [6, 6.07) is 5.54. The Hall–Kier alpha value is -2.78. The lowest BCUT2D eigenvalue weighted by atomic mass is 9.97. The molecule has 1 aromatic rings. The molecule has 1 heterocycles. The molecule has 7 nitrogen and oxygen atoms in total. The summed E-state index contributed by atoms with van der Waals surface area (Å²) in [6.45, 7) is 3.73. The number of carbonyl (C=O) groups excluding carboxylic acids is 3. The summed E-state index contributed by atoms with van der Waals surface area (Å²) < 4.78 is 45.8. The topological polar surface area (TPSA) is 84.9 Å². The first-order valence-electron chi connectivity index (χ1n) is 9.53. The van der Waals surface area contributed by atoms with Crippen LogP contribution in [-0.4, -0.2) is 54.8 Å². The van der Waals surface area contributed by atoms with Crippen LogP contribution in [0.2, 0.25) is 0 Å². The van der Waals surface area contributed by atoms with Gasteiger partial charge in [-0.3, -0.25) is 9.59 Å². The van der Waals surface area contributed by atoms with Crippen LogP contribution in [0.5, 0.6) is 0 Å². The van der Waals surface area contributed by atoms with Gasteiger partial charge >= 0.3 is 18.2 Å². The van der Waals surface area contributed by atoms with Crippen LogP contribution >= 0.6 is 0 Å². The minimum Gasteiger partial charge on any atom is -0.452 e. The first-order chi connectivity index (χ1) is 14.0. The Labute approximate surface area is 172 Å². The van der Waals surface area contributed by atoms with E-state index in [1.807, 2.05) is 26.0 Å². The van der Waals surface area contributed by atoms with E-state index in [2.05, 4.69) is 10.1 Å². The van der Waals surface area contributed by atoms with Crippen molar-refractivity contribution in [2.75, 3.05) is 25.0 Å². The number of alkyl halides is 3. The molecule has 0 bridgehead atoms. The molecular formula is C20H25F3N2O5. The molecule has 1 aliphatic rings. The third-order valence-electron chi connectivity index (χ3n) is 4.75. The third-order valence-corrected chi connectivity index (χ3v) is 4.75. The quantitative estimate of drug-likeness (QED) is 0.722. The molecule has 0 radical (unpaired) electrons. The average molecular weight is 430 g/mol. The minimum atomic E-state index is -4.59. The number of benzene rings is 1. The van der Waals surface area contributed by atoms with Gasteiger partial charge in [-0.1, -0.05) is 17.7 Å². The molecule has 1 atom stereocenters. The fraction of sp³-hybridized carbons (Fsp3) is 0.550. The Morgan fingerprint density at radius 1 is 1.20 bits per heavy atom. The fourth-order valence-electron chi connectivity index (χ4n) is 3.04. The highest BCUT2D eigenvalue weighted by molar-refractivity contribution is 5.95. The number of aryl methyl sites for hydroxylation is 2. The summed E-state index contributed by atoms with van der Waals surface area (Å²) in [4.78, 5) is 37.4. The van der Waals surface area contributed by atoms with Crippen LogP contribution in [0.1, 0.15) is 30.9 Å². The van der Waals surface area contributed by atoms with Crippen molar-refractivity contribution in [2.24, 2.45) is 5.92 Å². The molecule has 166 valence electrons. The molecule has 1 N–H and O–H groups in total. The summed E-state index contributed by atoms with van der Waals surface area (Å²) >= 11 is 0. The average Bonchev–Trinajstić information content (AvgIpc) is 2.67. The normalized spacial score (nSPS) is 16.0. The van der Waals surface area contributed by atoms with Crippen LogP contribution in [0.15, 0.2) is 18.2 Å². The maximum atomic E-state index is 12.3. The number of amides is 2. The van der Waals surface area contributed by atoms with E-state index in [0.717, 1.165) is 16.0 Å². The van der Waals surface area contributed by atoms with Gasteiger partial charge in [0, 0.05) is 18.8 Å². The summed E-state index contributed by atoms with van der Waals surface area (Å²) in [5.41, 5.74) is 2.56. The minimum absolute atomic E-state index is 0.0690. The molecule has 10 heteroatoms. The Morgan fingerprint density at radius 2 is 1.83 bits per heavy atom. The van der Waals surface area contributed by atoms with Crippen LogP contribution in [0, 0.1) is 19.8 Å². The first kappa shape index (κ1) is 23.5. The first-order valence-corrected chi connectivity index (χ1v) is 9.53.